The van der Waals surface area contributed by atoms with Crippen LogP contribution >= 0.6 is 0 Å². The molecule has 0 bridgehead atoms. The quantitative estimate of drug-likeness (QED) is 0.852. The van der Waals surface area contributed by atoms with Crippen LogP contribution in [-0.4, -0.2) is 12.6 Å². The highest BCUT2D eigenvalue weighted by atomic mass is 19.1. The maximum absolute atomic E-state index is 13.0. The molecule has 110 valence electrons. The maximum Gasteiger partial charge on any atom is 0.336 e. The molecule has 0 spiro atoms. The Morgan fingerprint density at radius 2 is 1.76 bits per heavy atom. The molecule has 2 aromatic carbocycles. The van der Waals surface area contributed by atoms with Crippen molar-refractivity contribution in [2.75, 3.05) is 11.9 Å². The average Bonchev–Trinajstić information content (AvgIpc) is 2.50. The van der Waals surface area contributed by atoms with E-state index in [1.165, 1.54) is 12.1 Å². The summed E-state index contributed by atoms with van der Waals surface area (Å²) in [5.74, 6) is -0.696. The van der Waals surface area contributed by atoms with Crippen LogP contribution in [0, 0.1) is 5.82 Å². The molecule has 1 unspecified atom stereocenters. The third-order valence-corrected chi connectivity index (χ3v) is 3.27. The molecule has 2 aromatic rings. The average molecular weight is 287 g/mol. The number of rotatable bonds is 5. The van der Waals surface area contributed by atoms with Crippen molar-refractivity contribution in [3.05, 3.63) is 66.0 Å². The molecule has 0 aliphatic heterocycles. The molecule has 0 aliphatic rings. The van der Waals surface area contributed by atoms with Crippen molar-refractivity contribution in [1.29, 1.82) is 0 Å². The van der Waals surface area contributed by atoms with Crippen LogP contribution in [0.5, 0.6) is 0 Å². The summed E-state index contributed by atoms with van der Waals surface area (Å²) in [6, 6.07) is 15.2. The zero-order valence-electron chi connectivity index (χ0n) is 12.1. The number of carbonyl (C=O) groups is 1. The molecule has 0 saturated heterocycles. The van der Waals surface area contributed by atoms with Gasteiger partial charge < -0.3 is 10.1 Å². The number of carbonyl (C=O) groups excluding carboxylic acids is 1. The molecule has 0 aromatic heterocycles. The normalized spacial score (nSPS) is 13.3. The first-order valence-electron chi connectivity index (χ1n) is 6.83. The van der Waals surface area contributed by atoms with E-state index in [9.17, 15) is 9.18 Å². The molecule has 0 fully saturated rings. The van der Waals surface area contributed by atoms with E-state index in [0.717, 1.165) is 5.56 Å². The Morgan fingerprint density at radius 3 is 2.33 bits per heavy atom. The zero-order valence-corrected chi connectivity index (χ0v) is 12.1. The van der Waals surface area contributed by atoms with Crippen LogP contribution < -0.4 is 5.32 Å². The highest BCUT2D eigenvalue weighted by Gasteiger charge is 2.36. The van der Waals surface area contributed by atoms with Gasteiger partial charge in [0.2, 0.25) is 0 Å². The van der Waals surface area contributed by atoms with Gasteiger partial charge in [-0.2, -0.15) is 0 Å². The van der Waals surface area contributed by atoms with Gasteiger partial charge in [0.1, 0.15) is 5.82 Å². The van der Waals surface area contributed by atoms with Crippen LogP contribution in [0.1, 0.15) is 19.4 Å². The minimum absolute atomic E-state index is 0.298. The molecule has 0 heterocycles. The van der Waals surface area contributed by atoms with E-state index >= 15 is 0 Å². The van der Waals surface area contributed by atoms with Crippen molar-refractivity contribution in [2.24, 2.45) is 0 Å². The number of ether oxygens (including phenoxy) is 1. The first-order chi connectivity index (χ1) is 10.1. The first-order valence-corrected chi connectivity index (χ1v) is 6.83. The van der Waals surface area contributed by atoms with Gasteiger partial charge in [-0.05, 0) is 43.7 Å². The summed E-state index contributed by atoms with van der Waals surface area (Å²) in [5.41, 5.74) is 0.401. The molecule has 1 atom stereocenters. The summed E-state index contributed by atoms with van der Waals surface area (Å²) in [4.78, 5) is 12.4. The number of hydrogen-bond acceptors (Lipinski definition) is 3. The molecule has 0 saturated carbocycles. The molecular formula is C17H18FNO2. The van der Waals surface area contributed by atoms with Gasteiger partial charge in [0.15, 0.2) is 5.54 Å². The number of esters is 1. The minimum atomic E-state index is -1.03. The summed E-state index contributed by atoms with van der Waals surface area (Å²) >= 11 is 0. The number of hydrogen-bond donors (Lipinski definition) is 1. The molecule has 0 radical (unpaired) electrons. The van der Waals surface area contributed by atoms with Gasteiger partial charge in [0.05, 0.1) is 6.61 Å². The molecule has 2 rings (SSSR count). The SMILES string of the molecule is CCOC(=O)C(C)(Nc1ccc(F)cc1)c1ccccc1. The predicted octanol–water partition coefficient (Wildman–Crippen LogP) is 3.72. The summed E-state index contributed by atoms with van der Waals surface area (Å²) in [6.07, 6.45) is 0. The minimum Gasteiger partial charge on any atom is -0.464 e. The molecule has 0 aliphatic carbocycles. The van der Waals surface area contributed by atoms with Gasteiger partial charge in [0.25, 0.3) is 0 Å². The third-order valence-electron chi connectivity index (χ3n) is 3.27. The summed E-state index contributed by atoms with van der Waals surface area (Å²) in [5, 5.41) is 3.14. The molecule has 3 nitrogen and oxygen atoms in total. The van der Waals surface area contributed by atoms with Crippen LogP contribution in [0.15, 0.2) is 54.6 Å². The number of anilines is 1. The molecule has 1 N–H and O–H groups in total. The van der Waals surface area contributed by atoms with Crippen molar-refractivity contribution >= 4 is 11.7 Å². The van der Waals surface area contributed by atoms with Crippen molar-refractivity contribution in [3.63, 3.8) is 0 Å². The van der Waals surface area contributed by atoms with Gasteiger partial charge in [-0.3, -0.25) is 0 Å². The van der Waals surface area contributed by atoms with Gasteiger partial charge >= 0.3 is 5.97 Å². The lowest BCUT2D eigenvalue weighted by atomic mass is 9.91. The Balaban J connectivity index is 2.36. The summed E-state index contributed by atoms with van der Waals surface area (Å²) in [6.45, 7) is 3.82. The van der Waals surface area contributed by atoms with Crippen molar-refractivity contribution in [1.82, 2.24) is 0 Å². The van der Waals surface area contributed by atoms with Crippen molar-refractivity contribution in [2.45, 2.75) is 19.4 Å². The van der Waals surface area contributed by atoms with E-state index in [0.29, 0.717) is 12.3 Å². The van der Waals surface area contributed by atoms with E-state index in [2.05, 4.69) is 5.32 Å². The second kappa shape index (κ2) is 6.39. The van der Waals surface area contributed by atoms with E-state index in [1.54, 1.807) is 26.0 Å². The van der Waals surface area contributed by atoms with E-state index in [-0.39, 0.29) is 11.8 Å². The smallest absolute Gasteiger partial charge is 0.336 e. The Hall–Kier alpha value is -2.36. The van der Waals surface area contributed by atoms with E-state index < -0.39 is 5.54 Å². The molecule has 21 heavy (non-hydrogen) atoms. The largest absolute Gasteiger partial charge is 0.464 e. The van der Waals surface area contributed by atoms with Crippen LogP contribution in [0.2, 0.25) is 0 Å². The lowest BCUT2D eigenvalue weighted by molar-refractivity contribution is -0.148. The highest BCUT2D eigenvalue weighted by molar-refractivity contribution is 5.85. The molecular weight excluding hydrogens is 269 g/mol. The predicted molar refractivity (Wildman–Crippen MR) is 80.4 cm³/mol. The van der Waals surface area contributed by atoms with Gasteiger partial charge in [-0.1, -0.05) is 30.3 Å². The maximum atomic E-state index is 13.0. The monoisotopic (exact) mass is 287 g/mol. The number of halogens is 1. The van der Waals surface area contributed by atoms with E-state index in [1.807, 2.05) is 30.3 Å². The Bertz CT molecular complexity index is 598. The summed E-state index contributed by atoms with van der Waals surface area (Å²) < 4.78 is 18.2. The van der Waals surface area contributed by atoms with Crippen LogP contribution in [0.25, 0.3) is 0 Å². The Morgan fingerprint density at radius 1 is 1.14 bits per heavy atom. The second-order valence-corrected chi connectivity index (χ2v) is 4.84. The second-order valence-electron chi connectivity index (χ2n) is 4.84. The summed E-state index contributed by atoms with van der Waals surface area (Å²) in [7, 11) is 0. The zero-order chi connectivity index (χ0) is 15.3. The fourth-order valence-electron chi connectivity index (χ4n) is 2.11. The molecule has 4 heteroatoms. The van der Waals surface area contributed by atoms with E-state index in [4.69, 9.17) is 4.74 Å². The Labute approximate surface area is 123 Å². The Kier molecular flexibility index (Phi) is 4.58. The lowest BCUT2D eigenvalue weighted by Gasteiger charge is -2.30. The van der Waals surface area contributed by atoms with Gasteiger partial charge in [-0.15, -0.1) is 0 Å². The number of benzene rings is 2. The topological polar surface area (TPSA) is 38.3 Å². The van der Waals surface area contributed by atoms with Gasteiger partial charge in [0, 0.05) is 5.69 Å². The number of nitrogens with one attached hydrogen (secondary N) is 1. The van der Waals surface area contributed by atoms with Crippen LogP contribution in [0.4, 0.5) is 10.1 Å². The van der Waals surface area contributed by atoms with Crippen molar-refractivity contribution < 1.29 is 13.9 Å². The van der Waals surface area contributed by atoms with Crippen LogP contribution in [-0.2, 0) is 15.1 Å². The first kappa shape index (κ1) is 15.0. The highest BCUT2D eigenvalue weighted by Crippen LogP contribution is 2.27. The third kappa shape index (κ3) is 3.40. The van der Waals surface area contributed by atoms with Gasteiger partial charge in [-0.25, -0.2) is 9.18 Å². The van der Waals surface area contributed by atoms with Crippen LogP contribution in [0.3, 0.4) is 0 Å². The fraction of sp³-hybridized carbons (Fsp3) is 0.235. The standard InChI is InChI=1S/C17H18FNO2/c1-3-21-16(20)17(2,13-7-5-4-6-8-13)19-15-11-9-14(18)10-12-15/h4-12,19H,3H2,1-2H3. The van der Waals surface area contributed by atoms with Crippen molar-refractivity contribution in [3.8, 4) is 0 Å². The molecule has 0 amide bonds. The fourth-order valence-corrected chi connectivity index (χ4v) is 2.11. The lowest BCUT2D eigenvalue weighted by Crippen LogP contribution is -2.42.